The maximum atomic E-state index is 14.0. The minimum atomic E-state index is -0.451. The van der Waals surface area contributed by atoms with Crippen LogP contribution < -0.4 is 10.2 Å². The lowest BCUT2D eigenvalue weighted by Gasteiger charge is -2.31. The topological polar surface area (TPSA) is 75.9 Å². The van der Waals surface area contributed by atoms with Crippen molar-refractivity contribution in [3.8, 4) is 5.82 Å². The molecule has 0 spiro atoms. The first-order valence-electron chi connectivity index (χ1n) is 9.79. The van der Waals surface area contributed by atoms with Gasteiger partial charge in [0.05, 0.1) is 11.4 Å². The average molecular weight is 473 g/mol. The number of anilines is 2. The minimum Gasteiger partial charge on any atom is -0.355 e. The van der Waals surface area contributed by atoms with Crippen LogP contribution in [0.3, 0.4) is 0 Å². The van der Waals surface area contributed by atoms with Crippen molar-refractivity contribution in [1.29, 1.82) is 0 Å². The number of aryl methyl sites for hydroxylation is 2. The van der Waals surface area contributed by atoms with Gasteiger partial charge in [-0.15, -0.1) is 10.2 Å². The maximum Gasteiger partial charge on any atom is 0.227 e. The molecule has 156 valence electrons. The molecule has 1 N–H and O–H groups in total. The van der Waals surface area contributed by atoms with Gasteiger partial charge >= 0.3 is 0 Å². The number of hydrogen-bond donors (Lipinski definition) is 1. The summed E-state index contributed by atoms with van der Waals surface area (Å²) in [5, 5.41) is 15.8. The fraction of sp³-hybridized carbons (Fsp3) is 0.333. The van der Waals surface area contributed by atoms with Crippen molar-refractivity contribution in [2.75, 3.05) is 23.3 Å². The highest BCUT2D eigenvalue weighted by molar-refractivity contribution is 9.10. The lowest BCUT2D eigenvalue weighted by molar-refractivity contribution is -0.120. The molecule has 7 nitrogen and oxygen atoms in total. The van der Waals surface area contributed by atoms with Crippen LogP contribution in [0.25, 0.3) is 5.82 Å². The Morgan fingerprint density at radius 1 is 1.10 bits per heavy atom. The fourth-order valence-electron chi connectivity index (χ4n) is 3.66. The summed E-state index contributed by atoms with van der Waals surface area (Å²) in [6.45, 7) is 5.30. The molecule has 1 saturated heterocycles. The van der Waals surface area contributed by atoms with Crippen molar-refractivity contribution in [1.82, 2.24) is 20.0 Å². The highest BCUT2D eigenvalue weighted by Gasteiger charge is 2.26. The zero-order chi connectivity index (χ0) is 21.3. The number of nitrogens with zero attached hydrogens (tertiary/aromatic N) is 5. The van der Waals surface area contributed by atoms with Crippen LogP contribution in [0.5, 0.6) is 0 Å². The molecule has 0 saturated carbocycles. The standard InChI is InChI=1S/C21H22BrFN6O/c1-13-11-14(2)29(27-13)20-6-5-19(25-26-20)28-9-7-15(8-10-28)21(30)24-18-4-3-16(22)12-17(18)23/h3-6,11-12,15H,7-10H2,1-2H3,(H,24,30). The summed E-state index contributed by atoms with van der Waals surface area (Å²) in [4.78, 5) is 14.7. The SMILES string of the molecule is Cc1cc(C)n(-c2ccc(N3CCC(C(=O)Nc4ccc(Br)cc4F)CC3)nn2)n1. The quantitative estimate of drug-likeness (QED) is 0.619. The van der Waals surface area contributed by atoms with Gasteiger partial charge < -0.3 is 10.2 Å². The predicted octanol–water partition coefficient (Wildman–Crippen LogP) is 4.04. The van der Waals surface area contributed by atoms with Crippen LogP contribution >= 0.6 is 15.9 Å². The molecule has 4 rings (SSSR count). The van der Waals surface area contributed by atoms with Crippen molar-refractivity contribution in [3.63, 3.8) is 0 Å². The second kappa shape index (κ2) is 8.51. The summed E-state index contributed by atoms with van der Waals surface area (Å²) < 4.78 is 16.4. The molecule has 2 aromatic heterocycles. The summed E-state index contributed by atoms with van der Waals surface area (Å²) in [6.07, 6.45) is 1.34. The smallest absolute Gasteiger partial charge is 0.227 e. The summed E-state index contributed by atoms with van der Waals surface area (Å²) in [6, 6.07) is 10.4. The van der Waals surface area contributed by atoms with E-state index in [1.165, 1.54) is 6.07 Å². The molecule has 1 amide bonds. The molecule has 3 aromatic rings. The Morgan fingerprint density at radius 2 is 1.80 bits per heavy atom. The second-order valence-corrected chi connectivity index (χ2v) is 8.38. The number of aromatic nitrogens is 4. The van der Waals surface area contributed by atoms with Gasteiger partial charge in [-0.1, -0.05) is 15.9 Å². The molecule has 9 heteroatoms. The van der Waals surface area contributed by atoms with Crippen LogP contribution in [0.4, 0.5) is 15.9 Å². The van der Waals surface area contributed by atoms with Crippen LogP contribution in [0.2, 0.25) is 0 Å². The first kappa shape index (κ1) is 20.5. The normalized spacial score (nSPS) is 14.7. The van der Waals surface area contributed by atoms with Crippen molar-refractivity contribution in [3.05, 3.63) is 58.1 Å². The predicted molar refractivity (Wildman–Crippen MR) is 116 cm³/mol. The molecule has 30 heavy (non-hydrogen) atoms. The van der Waals surface area contributed by atoms with Gasteiger partial charge in [0.2, 0.25) is 5.91 Å². The zero-order valence-electron chi connectivity index (χ0n) is 16.8. The number of carbonyl (C=O) groups is 1. The number of rotatable bonds is 4. The highest BCUT2D eigenvalue weighted by Crippen LogP contribution is 2.25. The third kappa shape index (κ3) is 4.35. The number of halogens is 2. The molecule has 0 atom stereocenters. The Bertz CT molecular complexity index is 1060. The van der Waals surface area contributed by atoms with Crippen molar-refractivity contribution < 1.29 is 9.18 Å². The number of carbonyl (C=O) groups excluding carboxylic acids is 1. The zero-order valence-corrected chi connectivity index (χ0v) is 18.4. The largest absolute Gasteiger partial charge is 0.355 e. The molecule has 0 radical (unpaired) electrons. The third-order valence-electron chi connectivity index (χ3n) is 5.24. The molecule has 0 bridgehead atoms. The Morgan fingerprint density at radius 3 is 2.40 bits per heavy atom. The molecule has 1 aliphatic heterocycles. The van der Waals surface area contributed by atoms with Gasteiger partial charge in [0.15, 0.2) is 11.6 Å². The van der Waals surface area contributed by atoms with Crippen LogP contribution in [0.15, 0.2) is 40.9 Å². The third-order valence-corrected chi connectivity index (χ3v) is 5.73. The number of amides is 1. The van der Waals surface area contributed by atoms with Crippen LogP contribution in [0, 0.1) is 25.6 Å². The molecule has 3 heterocycles. The van der Waals surface area contributed by atoms with E-state index in [2.05, 4.69) is 41.4 Å². The van der Waals surface area contributed by atoms with E-state index in [-0.39, 0.29) is 17.5 Å². The van der Waals surface area contributed by atoms with Crippen LogP contribution in [0.1, 0.15) is 24.2 Å². The van der Waals surface area contributed by atoms with E-state index < -0.39 is 5.82 Å². The fourth-order valence-corrected chi connectivity index (χ4v) is 3.99. The van der Waals surface area contributed by atoms with Crippen molar-refractivity contribution >= 4 is 33.3 Å². The number of nitrogens with one attached hydrogen (secondary N) is 1. The van der Waals surface area contributed by atoms with Gasteiger partial charge in [0.1, 0.15) is 5.82 Å². The summed E-state index contributed by atoms with van der Waals surface area (Å²) in [7, 11) is 0. The molecule has 0 aliphatic carbocycles. The minimum absolute atomic E-state index is 0.151. The Balaban J connectivity index is 1.36. The maximum absolute atomic E-state index is 14.0. The summed E-state index contributed by atoms with van der Waals surface area (Å²) in [5.41, 5.74) is 2.14. The van der Waals surface area contributed by atoms with Crippen LogP contribution in [-0.4, -0.2) is 39.0 Å². The van der Waals surface area contributed by atoms with Gasteiger partial charge in [0.25, 0.3) is 0 Å². The molecule has 0 unspecified atom stereocenters. The molecule has 1 aliphatic rings. The molecular formula is C21H22BrFN6O. The van der Waals surface area contributed by atoms with E-state index in [0.29, 0.717) is 36.2 Å². The summed E-state index contributed by atoms with van der Waals surface area (Å²) in [5.74, 6) is 0.689. The van der Waals surface area contributed by atoms with E-state index in [0.717, 1.165) is 17.2 Å². The lowest BCUT2D eigenvalue weighted by atomic mass is 9.96. The van der Waals surface area contributed by atoms with Gasteiger partial charge in [-0.3, -0.25) is 4.79 Å². The van der Waals surface area contributed by atoms with E-state index in [1.54, 1.807) is 16.8 Å². The van der Waals surface area contributed by atoms with E-state index in [9.17, 15) is 9.18 Å². The lowest BCUT2D eigenvalue weighted by Crippen LogP contribution is -2.38. The molecule has 1 fully saturated rings. The molecular weight excluding hydrogens is 451 g/mol. The monoisotopic (exact) mass is 472 g/mol. The first-order chi connectivity index (χ1) is 14.4. The Hall–Kier alpha value is -2.81. The number of benzene rings is 1. The van der Waals surface area contributed by atoms with Gasteiger partial charge in [-0.05, 0) is 63.1 Å². The Labute approximate surface area is 182 Å². The Kier molecular flexibility index (Phi) is 5.80. The van der Waals surface area contributed by atoms with Crippen molar-refractivity contribution in [2.24, 2.45) is 5.92 Å². The number of hydrogen-bond acceptors (Lipinski definition) is 5. The second-order valence-electron chi connectivity index (χ2n) is 7.46. The molecule has 1 aromatic carbocycles. The van der Waals surface area contributed by atoms with E-state index >= 15 is 0 Å². The van der Waals surface area contributed by atoms with Crippen LogP contribution in [-0.2, 0) is 4.79 Å². The van der Waals surface area contributed by atoms with E-state index in [4.69, 9.17) is 0 Å². The van der Waals surface area contributed by atoms with Gasteiger partial charge in [-0.2, -0.15) is 5.10 Å². The van der Waals surface area contributed by atoms with Crippen molar-refractivity contribution in [2.45, 2.75) is 26.7 Å². The van der Waals surface area contributed by atoms with Gasteiger partial charge in [-0.25, -0.2) is 9.07 Å². The average Bonchev–Trinajstić information content (AvgIpc) is 3.08. The first-order valence-corrected chi connectivity index (χ1v) is 10.6. The van der Waals surface area contributed by atoms with Gasteiger partial charge in [0, 0.05) is 29.2 Å². The number of piperidine rings is 1. The highest BCUT2D eigenvalue weighted by atomic mass is 79.9. The van der Waals surface area contributed by atoms with E-state index in [1.807, 2.05) is 32.0 Å². The summed E-state index contributed by atoms with van der Waals surface area (Å²) >= 11 is 3.22.